The van der Waals surface area contributed by atoms with E-state index in [4.69, 9.17) is 10.5 Å². The zero-order chi connectivity index (χ0) is 14.3. The Morgan fingerprint density at radius 1 is 1.37 bits per heavy atom. The summed E-state index contributed by atoms with van der Waals surface area (Å²) >= 11 is 0. The molecule has 108 valence electrons. The van der Waals surface area contributed by atoms with Crippen molar-refractivity contribution in [2.45, 2.75) is 39.4 Å². The molecule has 1 atom stereocenters. The Morgan fingerprint density at radius 2 is 2.11 bits per heavy atom. The average Bonchev–Trinajstić information content (AvgIpc) is 2.42. The lowest BCUT2D eigenvalue weighted by molar-refractivity contribution is 0.117. The van der Waals surface area contributed by atoms with Crippen molar-refractivity contribution in [3.05, 3.63) is 35.1 Å². The van der Waals surface area contributed by atoms with Gasteiger partial charge in [0.1, 0.15) is 5.82 Å². The molecule has 2 N–H and O–H groups in total. The van der Waals surface area contributed by atoms with E-state index in [0.717, 1.165) is 24.1 Å². The molecule has 0 heterocycles. The van der Waals surface area contributed by atoms with Crippen LogP contribution in [0.15, 0.2) is 18.2 Å². The second-order valence-corrected chi connectivity index (χ2v) is 4.84. The summed E-state index contributed by atoms with van der Waals surface area (Å²) in [7, 11) is 1.70. The first-order valence-corrected chi connectivity index (χ1v) is 6.82. The molecular weight excluding hydrogens is 243 g/mol. The number of nitrogens with two attached hydrogens (primary N) is 1. The highest BCUT2D eigenvalue weighted by molar-refractivity contribution is 5.27. The molecule has 1 rings (SSSR count). The number of methoxy groups -OCH3 is 1. The van der Waals surface area contributed by atoms with Crippen molar-refractivity contribution in [1.82, 2.24) is 4.90 Å². The van der Waals surface area contributed by atoms with Crippen LogP contribution in [0.5, 0.6) is 0 Å². The molecule has 0 aliphatic carbocycles. The van der Waals surface area contributed by atoms with Gasteiger partial charge in [0, 0.05) is 32.8 Å². The van der Waals surface area contributed by atoms with E-state index in [1.165, 1.54) is 6.07 Å². The Bertz CT molecular complexity index is 384. The van der Waals surface area contributed by atoms with Crippen LogP contribution < -0.4 is 5.73 Å². The Morgan fingerprint density at radius 3 is 2.68 bits per heavy atom. The van der Waals surface area contributed by atoms with E-state index >= 15 is 0 Å². The summed E-state index contributed by atoms with van der Waals surface area (Å²) in [6, 6.07) is 5.26. The largest absolute Gasteiger partial charge is 0.383 e. The maximum atomic E-state index is 13.4. The van der Waals surface area contributed by atoms with Gasteiger partial charge in [-0.05, 0) is 36.6 Å². The first-order valence-electron chi connectivity index (χ1n) is 6.82. The Balaban J connectivity index is 2.85. The van der Waals surface area contributed by atoms with Crippen molar-refractivity contribution in [2.75, 3.05) is 20.3 Å². The van der Waals surface area contributed by atoms with E-state index in [9.17, 15) is 4.39 Å². The summed E-state index contributed by atoms with van der Waals surface area (Å²) in [6.45, 7) is 7.00. The van der Waals surface area contributed by atoms with Crippen molar-refractivity contribution >= 4 is 0 Å². The van der Waals surface area contributed by atoms with Gasteiger partial charge in [0.05, 0.1) is 6.61 Å². The molecule has 1 aromatic carbocycles. The number of nitrogens with zero attached hydrogens (tertiary/aromatic N) is 1. The van der Waals surface area contributed by atoms with E-state index in [2.05, 4.69) is 18.7 Å². The third kappa shape index (κ3) is 4.90. The molecule has 3 nitrogen and oxygen atoms in total. The van der Waals surface area contributed by atoms with Gasteiger partial charge in [0.25, 0.3) is 0 Å². The second kappa shape index (κ2) is 8.25. The van der Waals surface area contributed by atoms with Crippen molar-refractivity contribution < 1.29 is 9.13 Å². The quantitative estimate of drug-likeness (QED) is 0.787. The average molecular weight is 268 g/mol. The van der Waals surface area contributed by atoms with Crippen LogP contribution in [0.1, 0.15) is 31.4 Å². The number of hydrogen-bond donors (Lipinski definition) is 1. The summed E-state index contributed by atoms with van der Waals surface area (Å²) in [4.78, 5) is 2.30. The lowest BCUT2D eigenvalue weighted by Crippen LogP contribution is -2.35. The fourth-order valence-electron chi connectivity index (χ4n) is 2.08. The molecule has 0 fully saturated rings. The molecule has 0 aliphatic rings. The van der Waals surface area contributed by atoms with Gasteiger partial charge in [-0.3, -0.25) is 4.90 Å². The van der Waals surface area contributed by atoms with Crippen LogP contribution in [-0.2, 0) is 17.8 Å². The molecule has 0 spiro atoms. The fourth-order valence-corrected chi connectivity index (χ4v) is 2.08. The Kier molecular flexibility index (Phi) is 6.99. The Labute approximate surface area is 115 Å². The SMILES string of the molecule is CCC(C)N(CCOC)Cc1cc(F)ccc1CN. The van der Waals surface area contributed by atoms with Crippen molar-refractivity contribution in [2.24, 2.45) is 5.73 Å². The summed E-state index contributed by atoms with van der Waals surface area (Å²) in [5.41, 5.74) is 7.70. The van der Waals surface area contributed by atoms with Gasteiger partial charge < -0.3 is 10.5 Å². The number of benzene rings is 1. The fraction of sp³-hybridized carbons (Fsp3) is 0.600. The molecule has 0 amide bonds. The van der Waals surface area contributed by atoms with E-state index < -0.39 is 0 Å². The van der Waals surface area contributed by atoms with Gasteiger partial charge in [-0.2, -0.15) is 0 Å². The summed E-state index contributed by atoms with van der Waals surface area (Å²) in [6.07, 6.45) is 1.05. The number of hydrogen-bond acceptors (Lipinski definition) is 3. The summed E-state index contributed by atoms with van der Waals surface area (Å²) in [5.74, 6) is -0.206. The van der Waals surface area contributed by atoms with Crippen molar-refractivity contribution in [1.29, 1.82) is 0 Å². The molecule has 4 heteroatoms. The lowest BCUT2D eigenvalue weighted by Gasteiger charge is -2.29. The normalized spacial score (nSPS) is 12.9. The highest BCUT2D eigenvalue weighted by Crippen LogP contribution is 2.16. The predicted octanol–water partition coefficient (Wildman–Crippen LogP) is 2.53. The minimum Gasteiger partial charge on any atom is -0.383 e. The van der Waals surface area contributed by atoms with Gasteiger partial charge in [-0.25, -0.2) is 4.39 Å². The van der Waals surface area contributed by atoms with E-state index in [0.29, 0.717) is 25.7 Å². The molecule has 0 saturated carbocycles. The third-order valence-corrected chi connectivity index (χ3v) is 3.56. The molecule has 19 heavy (non-hydrogen) atoms. The molecule has 0 bridgehead atoms. The molecule has 1 aromatic rings. The van der Waals surface area contributed by atoms with Crippen LogP contribution >= 0.6 is 0 Å². The van der Waals surface area contributed by atoms with E-state index in [1.54, 1.807) is 19.2 Å². The number of rotatable bonds is 8. The second-order valence-electron chi connectivity index (χ2n) is 4.84. The minimum absolute atomic E-state index is 0.206. The third-order valence-electron chi connectivity index (χ3n) is 3.56. The highest BCUT2D eigenvalue weighted by Gasteiger charge is 2.14. The van der Waals surface area contributed by atoms with Crippen LogP contribution in [0, 0.1) is 5.82 Å². The maximum absolute atomic E-state index is 13.4. The molecule has 0 aromatic heterocycles. The zero-order valence-electron chi connectivity index (χ0n) is 12.2. The van der Waals surface area contributed by atoms with Crippen LogP contribution in [0.25, 0.3) is 0 Å². The lowest BCUT2D eigenvalue weighted by atomic mass is 10.1. The highest BCUT2D eigenvalue weighted by atomic mass is 19.1. The van der Waals surface area contributed by atoms with Gasteiger partial charge in [-0.1, -0.05) is 13.0 Å². The minimum atomic E-state index is -0.206. The van der Waals surface area contributed by atoms with Crippen molar-refractivity contribution in [3.8, 4) is 0 Å². The van der Waals surface area contributed by atoms with Crippen LogP contribution in [0.3, 0.4) is 0 Å². The zero-order valence-corrected chi connectivity index (χ0v) is 12.2. The predicted molar refractivity (Wildman–Crippen MR) is 76.3 cm³/mol. The standard InChI is InChI=1S/C15H25FN2O/c1-4-12(2)18(7-8-19-3)11-14-9-15(16)6-5-13(14)10-17/h5-6,9,12H,4,7-8,10-11,17H2,1-3H3. The van der Waals surface area contributed by atoms with Crippen molar-refractivity contribution in [3.63, 3.8) is 0 Å². The smallest absolute Gasteiger partial charge is 0.123 e. The first-order chi connectivity index (χ1) is 9.12. The van der Waals surface area contributed by atoms with Gasteiger partial charge in [0.2, 0.25) is 0 Å². The number of ether oxygens (including phenoxy) is 1. The van der Waals surface area contributed by atoms with Gasteiger partial charge in [-0.15, -0.1) is 0 Å². The van der Waals surface area contributed by atoms with E-state index in [-0.39, 0.29) is 5.82 Å². The molecule has 0 radical (unpaired) electrons. The topological polar surface area (TPSA) is 38.5 Å². The maximum Gasteiger partial charge on any atom is 0.123 e. The van der Waals surface area contributed by atoms with Crippen LogP contribution in [0.2, 0.25) is 0 Å². The summed E-state index contributed by atoms with van der Waals surface area (Å²) < 4.78 is 18.5. The van der Waals surface area contributed by atoms with Crippen LogP contribution in [0.4, 0.5) is 4.39 Å². The Hall–Kier alpha value is -0.970. The molecule has 1 unspecified atom stereocenters. The van der Waals surface area contributed by atoms with Gasteiger partial charge >= 0.3 is 0 Å². The van der Waals surface area contributed by atoms with E-state index in [1.807, 2.05) is 0 Å². The monoisotopic (exact) mass is 268 g/mol. The molecule has 0 aliphatic heterocycles. The first kappa shape index (κ1) is 16.1. The molecular formula is C15H25FN2O. The van der Waals surface area contributed by atoms with Gasteiger partial charge in [0.15, 0.2) is 0 Å². The molecule has 0 saturated heterocycles. The number of halogens is 1. The summed E-state index contributed by atoms with van der Waals surface area (Å²) in [5, 5.41) is 0. The van der Waals surface area contributed by atoms with Crippen LogP contribution in [-0.4, -0.2) is 31.2 Å².